The van der Waals surface area contributed by atoms with E-state index in [1.165, 1.54) is 12.1 Å². The van der Waals surface area contributed by atoms with Gasteiger partial charge in [0.05, 0.1) is 0 Å². The molecule has 0 spiro atoms. The maximum absolute atomic E-state index is 11.3. The molecule has 2 aromatic carbocycles. The number of rotatable bonds is 1. The van der Waals surface area contributed by atoms with Gasteiger partial charge in [0, 0.05) is 10.8 Å². The van der Waals surface area contributed by atoms with Gasteiger partial charge >= 0.3 is 0 Å². The molecule has 0 bridgehead atoms. The van der Waals surface area contributed by atoms with Gasteiger partial charge in [0.25, 0.3) is 5.43 Å². The molecule has 2 rings (SSSR count). The van der Waals surface area contributed by atoms with Gasteiger partial charge in [-0.05, 0) is 17.7 Å². The van der Waals surface area contributed by atoms with Crippen molar-refractivity contribution in [2.75, 3.05) is 0 Å². The first-order valence-corrected chi connectivity index (χ1v) is 4.05. The van der Waals surface area contributed by atoms with Crippen LogP contribution in [0.4, 0.5) is 0 Å². The Morgan fingerprint density at radius 3 is 2.21 bits per heavy atom. The van der Waals surface area contributed by atoms with Gasteiger partial charge in [-0.15, -0.1) is 0 Å². The van der Waals surface area contributed by atoms with Crippen molar-refractivity contribution < 1.29 is 0 Å². The van der Waals surface area contributed by atoms with Gasteiger partial charge in [0.1, 0.15) is 0 Å². The summed E-state index contributed by atoms with van der Waals surface area (Å²) in [5, 5.41) is 0.392. The molecule has 0 N–H and O–H groups in total. The summed E-state index contributed by atoms with van der Waals surface area (Å²) in [6.45, 7) is 3.54. The summed E-state index contributed by atoms with van der Waals surface area (Å²) in [5.41, 5.74) is -1.64. The molecule has 14 heavy (non-hydrogen) atoms. The summed E-state index contributed by atoms with van der Waals surface area (Å²) in [4.78, 5) is 33.5. The molecule has 0 aromatic heterocycles. The lowest BCUT2D eigenvalue weighted by Gasteiger charge is -1.90. The zero-order valence-electron chi connectivity index (χ0n) is 7.24. The molecule has 0 unspecified atom stereocenters. The van der Waals surface area contributed by atoms with E-state index in [2.05, 4.69) is 6.58 Å². The van der Waals surface area contributed by atoms with Gasteiger partial charge in [-0.2, -0.15) is 0 Å². The van der Waals surface area contributed by atoms with Crippen molar-refractivity contribution in [2.45, 2.75) is 0 Å². The molecule has 3 heteroatoms. The van der Waals surface area contributed by atoms with Crippen LogP contribution in [0.25, 0.3) is 16.8 Å². The molecule has 3 nitrogen and oxygen atoms in total. The lowest BCUT2D eigenvalue weighted by molar-refractivity contribution is 1.56. The van der Waals surface area contributed by atoms with Crippen molar-refractivity contribution in [3.05, 3.63) is 61.0 Å². The third kappa shape index (κ3) is 0.956. The quantitative estimate of drug-likeness (QED) is 0.607. The van der Waals surface area contributed by atoms with E-state index in [0.717, 1.165) is 5.56 Å². The van der Waals surface area contributed by atoms with E-state index in [0.29, 0.717) is 0 Å². The molecular weight excluding hydrogens is 180 g/mol. The van der Waals surface area contributed by atoms with Crippen LogP contribution in [0.1, 0.15) is 5.56 Å². The third-order valence-electron chi connectivity index (χ3n) is 2.18. The molecule has 0 saturated heterocycles. The molecule has 0 amide bonds. The molecule has 2 aromatic rings. The van der Waals surface area contributed by atoms with E-state index in [-0.39, 0.29) is 10.8 Å². The fourth-order valence-electron chi connectivity index (χ4n) is 1.42. The summed E-state index contributed by atoms with van der Waals surface area (Å²) >= 11 is 0. The van der Waals surface area contributed by atoms with Crippen LogP contribution in [-0.4, -0.2) is 0 Å². The predicted octanol–water partition coefficient (Wildman–Crippen LogP) is 0.439. The number of fused-ring (bicyclic) bond motifs is 1. The van der Waals surface area contributed by atoms with Crippen LogP contribution in [0.5, 0.6) is 0 Å². The lowest BCUT2D eigenvalue weighted by atomic mass is 10.1. The van der Waals surface area contributed by atoms with Crippen LogP contribution in [0.3, 0.4) is 0 Å². The van der Waals surface area contributed by atoms with Crippen molar-refractivity contribution in [1.82, 2.24) is 0 Å². The Morgan fingerprint density at radius 1 is 0.929 bits per heavy atom. The van der Waals surface area contributed by atoms with Gasteiger partial charge in [-0.3, -0.25) is 14.4 Å². The standard InChI is InChI=1S/C11H6O3/c1-2-6-3-4-7-8(5-6)10(13)11(14)9(7)12/h2-5H,1H2. The molecule has 0 fully saturated rings. The maximum Gasteiger partial charge on any atom is 0.273 e. The summed E-state index contributed by atoms with van der Waals surface area (Å²) in [6, 6.07) is 4.64. The van der Waals surface area contributed by atoms with Gasteiger partial charge in [-0.1, -0.05) is 18.7 Å². The van der Waals surface area contributed by atoms with E-state index in [9.17, 15) is 14.4 Å². The minimum Gasteiger partial charge on any atom is -0.285 e. The van der Waals surface area contributed by atoms with Crippen LogP contribution in [-0.2, 0) is 0 Å². The second-order valence-electron chi connectivity index (χ2n) is 3.00. The number of hydrogen-bond acceptors (Lipinski definition) is 3. The number of benzene rings is 1. The fraction of sp³-hybridized carbons (Fsp3) is 0. The topological polar surface area (TPSA) is 51.2 Å². The Bertz CT molecular complexity index is 658. The van der Waals surface area contributed by atoms with Gasteiger partial charge in [-0.25, -0.2) is 0 Å². The Morgan fingerprint density at radius 2 is 1.57 bits per heavy atom. The van der Waals surface area contributed by atoms with E-state index in [1.807, 2.05) is 0 Å². The molecule has 0 aliphatic rings. The van der Waals surface area contributed by atoms with Crippen molar-refractivity contribution in [1.29, 1.82) is 0 Å². The molecular formula is C11H6O3. The molecule has 0 aliphatic carbocycles. The summed E-state index contributed by atoms with van der Waals surface area (Å²) in [5.74, 6) is 0. The first-order chi connectivity index (χ1) is 6.65. The first kappa shape index (κ1) is 8.56. The highest BCUT2D eigenvalue weighted by atomic mass is 16.2. The minimum atomic E-state index is -0.943. The van der Waals surface area contributed by atoms with Gasteiger partial charge < -0.3 is 0 Å². The lowest BCUT2D eigenvalue weighted by Crippen LogP contribution is -2.29. The van der Waals surface area contributed by atoms with Crippen LogP contribution in [0.2, 0.25) is 0 Å². The Hall–Kier alpha value is -2.03. The second kappa shape index (κ2) is 2.73. The third-order valence-corrected chi connectivity index (χ3v) is 2.18. The van der Waals surface area contributed by atoms with Crippen molar-refractivity contribution >= 4 is 16.8 Å². The highest BCUT2D eigenvalue weighted by molar-refractivity contribution is 5.85. The van der Waals surface area contributed by atoms with Crippen LogP contribution in [0, 0.1) is 0 Å². The second-order valence-corrected chi connectivity index (χ2v) is 3.00. The molecule has 0 heterocycles. The Labute approximate surface area is 78.6 Å². The zero-order valence-corrected chi connectivity index (χ0v) is 7.24. The van der Waals surface area contributed by atoms with Crippen molar-refractivity contribution in [3.8, 4) is 0 Å². The van der Waals surface area contributed by atoms with E-state index >= 15 is 0 Å². The summed E-state index contributed by atoms with van der Waals surface area (Å²) in [7, 11) is 0. The fourth-order valence-corrected chi connectivity index (χ4v) is 1.42. The normalized spacial score (nSPS) is 10.6. The van der Waals surface area contributed by atoms with Crippen LogP contribution in [0.15, 0.2) is 39.2 Å². The summed E-state index contributed by atoms with van der Waals surface area (Å²) in [6.07, 6.45) is 1.56. The highest BCUT2D eigenvalue weighted by Crippen LogP contribution is 2.08. The zero-order chi connectivity index (χ0) is 10.3. The first-order valence-electron chi connectivity index (χ1n) is 4.05. The minimum absolute atomic E-state index is 0.192. The van der Waals surface area contributed by atoms with E-state index < -0.39 is 16.3 Å². The molecule has 68 valence electrons. The smallest absolute Gasteiger partial charge is 0.273 e. The SMILES string of the molecule is C=Cc1ccc2c(=O)c(=O)c(=O)c2c1. The van der Waals surface area contributed by atoms with Crippen molar-refractivity contribution in [3.63, 3.8) is 0 Å². The molecule has 0 saturated carbocycles. The van der Waals surface area contributed by atoms with Gasteiger partial charge in [0.2, 0.25) is 10.9 Å². The number of hydrogen-bond donors (Lipinski definition) is 0. The molecule has 0 aliphatic heterocycles. The Kier molecular flexibility index (Phi) is 1.67. The Balaban J connectivity index is 3.12. The average Bonchev–Trinajstić information content (AvgIpc) is 2.44. The summed E-state index contributed by atoms with van der Waals surface area (Å²) < 4.78 is 0. The highest BCUT2D eigenvalue weighted by Gasteiger charge is 2.11. The molecule has 0 radical (unpaired) electrons. The van der Waals surface area contributed by atoms with E-state index in [1.54, 1.807) is 12.1 Å². The van der Waals surface area contributed by atoms with Gasteiger partial charge in [0.15, 0.2) is 0 Å². The molecule has 0 atom stereocenters. The van der Waals surface area contributed by atoms with Crippen LogP contribution < -0.4 is 16.3 Å². The predicted molar refractivity (Wildman–Crippen MR) is 55.2 cm³/mol. The monoisotopic (exact) mass is 186 g/mol. The van der Waals surface area contributed by atoms with Crippen LogP contribution >= 0.6 is 0 Å². The maximum atomic E-state index is 11.3. The van der Waals surface area contributed by atoms with Crippen molar-refractivity contribution in [2.24, 2.45) is 0 Å². The largest absolute Gasteiger partial charge is 0.285 e. The van der Waals surface area contributed by atoms with E-state index in [4.69, 9.17) is 0 Å². The average molecular weight is 186 g/mol.